The van der Waals surface area contributed by atoms with Gasteiger partial charge in [-0.25, -0.2) is 17.2 Å². The monoisotopic (exact) mass is 371 g/mol. The molecule has 0 N–H and O–H groups in total. The predicted octanol–water partition coefficient (Wildman–Crippen LogP) is 2.08. The van der Waals surface area contributed by atoms with E-state index in [0.717, 1.165) is 29.2 Å². The van der Waals surface area contributed by atoms with E-state index < -0.39 is 21.7 Å². The maximum Gasteiger partial charge on any atom is 0.243 e. The molecule has 1 aromatic carbocycles. The Hall–Kier alpha value is -1.84. The Morgan fingerprint density at radius 2 is 1.68 bits per heavy atom. The number of sulfonamides is 1. The quantitative estimate of drug-likeness (QED) is 0.823. The van der Waals surface area contributed by atoms with Crippen molar-refractivity contribution in [3.05, 3.63) is 46.9 Å². The number of piperazine rings is 1. The summed E-state index contributed by atoms with van der Waals surface area (Å²) >= 11 is 0. The van der Waals surface area contributed by atoms with Crippen LogP contribution in [0.15, 0.2) is 27.6 Å². The second kappa shape index (κ2) is 6.81. The molecule has 136 valence electrons. The molecule has 0 spiro atoms. The highest BCUT2D eigenvalue weighted by molar-refractivity contribution is 7.89. The number of rotatable bonds is 4. The Morgan fingerprint density at radius 3 is 2.20 bits per heavy atom. The largest absolute Gasteiger partial charge is 0.361 e. The van der Waals surface area contributed by atoms with Gasteiger partial charge in [0.25, 0.3) is 0 Å². The average Bonchev–Trinajstić information content (AvgIpc) is 2.86. The fourth-order valence-corrected chi connectivity index (χ4v) is 4.37. The highest BCUT2D eigenvalue weighted by Gasteiger charge is 2.29. The van der Waals surface area contributed by atoms with Gasteiger partial charge >= 0.3 is 0 Å². The summed E-state index contributed by atoms with van der Waals surface area (Å²) < 4.78 is 58.2. The van der Waals surface area contributed by atoms with Crippen LogP contribution in [0.4, 0.5) is 8.78 Å². The minimum Gasteiger partial charge on any atom is -0.361 e. The van der Waals surface area contributed by atoms with Crippen LogP contribution in [0.25, 0.3) is 0 Å². The van der Waals surface area contributed by atoms with E-state index in [9.17, 15) is 17.2 Å². The first kappa shape index (κ1) is 18.0. The van der Waals surface area contributed by atoms with Crippen LogP contribution in [-0.4, -0.2) is 49.0 Å². The van der Waals surface area contributed by atoms with Gasteiger partial charge in [-0.2, -0.15) is 4.31 Å². The third-order valence-corrected chi connectivity index (χ3v) is 6.24. The minimum absolute atomic E-state index is 0.254. The van der Waals surface area contributed by atoms with Crippen LogP contribution in [0.5, 0.6) is 0 Å². The first-order chi connectivity index (χ1) is 11.8. The van der Waals surface area contributed by atoms with Crippen LogP contribution in [0.3, 0.4) is 0 Å². The van der Waals surface area contributed by atoms with Crippen LogP contribution in [-0.2, 0) is 16.6 Å². The van der Waals surface area contributed by atoms with Gasteiger partial charge in [-0.05, 0) is 26.0 Å². The zero-order valence-electron chi connectivity index (χ0n) is 14.0. The molecule has 1 fully saturated rings. The molecule has 0 amide bonds. The van der Waals surface area contributed by atoms with Crippen molar-refractivity contribution in [3.8, 4) is 0 Å². The first-order valence-electron chi connectivity index (χ1n) is 7.88. The summed E-state index contributed by atoms with van der Waals surface area (Å²) in [6.45, 7) is 5.87. The Balaban J connectivity index is 1.69. The van der Waals surface area contributed by atoms with E-state index in [1.807, 2.05) is 13.8 Å². The molecular weight excluding hydrogens is 352 g/mol. The van der Waals surface area contributed by atoms with Gasteiger partial charge in [0.1, 0.15) is 17.4 Å². The van der Waals surface area contributed by atoms with Crippen molar-refractivity contribution in [3.63, 3.8) is 0 Å². The maximum absolute atomic E-state index is 13.3. The van der Waals surface area contributed by atoms with Crippen molar-refractivity contribution < 1.29 is 21.7 Å². The van der Waals surface area contributed by atoms with E-state index >= 15 is 0 Å². The smallest absolute Gasteiger partial charge is 0.243 e. The van der Waals surface area contributed by atoms with Crippen LogP contribution in [0.2, 0.25) is 0 Å². The molecule has 0 saturated carbocycles. The van der Waals surface area contributed by atoms with Gasteiger partial charge in [0.15, 0.2) is 0 Å². The Morgan fingerprint density at radius 1 is 1.08 bits per heavy atom. The van der Waals surface area contributed by atoms with Crippen LogP contribution < -0.4 is 0 Å². The Labute approximate surface area is 145 Å². The molecule has 0 aliphatic carbocycles. The fraction of sp³-hybridized carbons (Fsp3) is 0.438. The molecule has 9 heteroatoms. The summed E-state index contributed by atoms with van der Waals surface area (Å²) in [5.41, 5.74) is 1.83. The van der Waals surface area contributed by atoms with Crippen LogP contribution in [0, 0.1) is 25.5 Å². The minimum atomic E-state index is -3.91. The lowest BCUT2D eigenvalue weighted by atomic mass is 10.2. The Bertz CT molecular complexity index is 835. The van der Waals surface area contributed by atoms with Crippen molar-refractivity contribution in [2.24, 2.45) is 0 Å². The summed E-state index contributed by atoms with van der Waals surface area (Å²) in [5.74, 6) is -1.06. The molecule has 6 nitrogen and oxygen atoms in total. The normalized spacial score (nSPS) is 17.1. The summed E-state index contributed by atoms with van der Waals surface area (Å²) in [5, 5.41) is 3.91. The average molecular weight is 371 g/mol. The van der Waals surface area contributed by atoms with Gasteiger partial charge in [-0.15, -0.1) is 0 Å². The van der Waals surface area contributed by atoms with Crippen molar-refractivity contribution in [2.45, 2.75) is 25.3 Å². The standard InChI is InChI=1S/C16H19F2N3O3S/c1-11-16(12(2)24-19-11)10-20-3-5-21(6-4-20)25(22,23)15-8-13(17)7-14(18)9-15/h7-9H,3-6,10H2,1-2H3. The molecule has 2 aromatic rings. The number of hydrogen-bond acceptors (Lipinski definition) is 5. The molecule has 1 aromatic heterocycles. The number of hydrogen-bond donors (Lipinski definition) is 0. The highest BCUT2D eigenvalue weighted by Crippen LogP contribution is 2.21. The summed E-state index contributed by atoms with van der Waals surface area (Å²) in [7, 11) is -3.91. The zero-order chi connectivity index (χ0) is 18.2. The molecule has 0 bridgehead atoms. The van der Waals surface area contributed by atoms with Gasteiger partial charge < -0.3 is 4.52 Å². The second-order valence-corrected chi connectivity index (χ2v) is 8.03. The third-order valence-electron chi connectivity index (χ3n) is 4.37. The topological polar surface area (TPSA) is 66.7 Å². The molecule has 2 heterocycles. The van der Waals surface area contributed by atoms with E-state index in [1.165, 1.54) is 4.31 Å². The first-order valence-corrected chi connectivity index (χ1v) is 9.32. The van der Waals surface area contributed by atoms with Gasteiger partial charge in [-0.1, -0.05) is 5.16 Å². The number of aryl methyl sites for hydroxylation is 2. The molecule has 3 rings (SSSR count). The molecule has 0 unspecified atom stereocenters. The number of benzene rings is 1. The lowest BCUT2D eigenvalue weighted by Gasteiger charge is -2.33. The summed E-state index contributed by atoms with van der Waals surface area (Å²) in [6, 6.07) is 2.34. The van der Waals surface area contributed by atoms with E-state index in [2.05, 4.69) is 10.1 Å². The highest BCUT2D eigenvalue weighted by atomic mass is 32.2. The van der Waals surface area contributed by atoms with E-state index in [0.29, 0.717) is 25.7 Å². The van der Waals surface area contributed by atoms with E-state index in [1.54, 1.807) is 0 Å². The maximum atomic E-state index is 13.3. The van der Waals surface area contributed by atoms with E-state index in [4.69, 9.17) is 4.52 Å². The number of aromatic nitrogens is 1. The SMILES string of the molecule is Cc1noc(C)c1CN1CCN(S(=O)(=O)c2cc(F)cc(F)c2)CC1. The van der Waals surface area contributed by atoms with Gasteiger partial charge in [0.05, 0.1) is 10.6 Å². The fourth-order valence-electron chi connectivity index (χ4n) is 2.91. The zero-order valence-corrected chi connectivity index (χ0v) is 14.8. The summed E-state index contributed by atoms with van der Waals surface area (Å²) in [6.07, 6.45) is 0. The molecule has 1 aliphatic heterocycles. The van der Waals surface area contributed by atoms with Gasteiger partial charge in [0.2, 0.25) is 10.0 Å². The predicted molar refractivity (Wildman–Crippen MR) is 86.4 cm³/mol. The third kappa shape index (κ3) is 3.73. The Kier molecular flexibility index (Phi) is 4.90. The number of nitrogens with zero attached hydrogens (tertiary/aromatic N) is 3. The molecule has 0 radical (unpaired) electrons. The number of halogens is 2. The van der Waals surface area contributed by atoms with Gasteiger partial charge in [0, 0.05) is 44.4 Å². The molecule has 0 atom stereocenters. The lowest BCUT2D eigenvalue weighted by Crippen LogP contribution is -2.48. The molecule has 1 aliphatic rings. The summed E-state index contributed by atoms with van der Waals surface area (Å²) in [4.78, 5) is 1.74. The van der Waals surface area contributed by atoms with Crippen LogP contribution in [0.1, 0.15) is 17.0 Å². The lowest BCUT2D eigenvalue weighted by molar-refractivity contribution is 0.180. The molecular formula is C16H19F2N3O3S. The molecule has 1 saturated heterocycles. The second-order valence-electron chi connectivity index (χ2n) is 6.09. The van der Waals surface area contributed by atoms with Crippen molar-refractivity contribution in [1.82, 2.24) is 14.4 Å². The molecule has 25 heavy (non-hydrogen) atoms. The van der Waals surface area contributed by atoms with Crippen molar-refractivity contribution in [2.75, 3.05) is 26.2 Å². The van der Waals surface area contributed by atoms with Crippen molar-refractivity contribution in [1.29, 1.82) is 0 Å². The van der Waals surface area contributed by atoms with Crippen LogP contribution >= 0.6 is 0 Å². The van der Waals surface area contributed by atoms with Gasteiger partial charge in [-0.3, -0.25) is 4.90 Å². The van der Waals surface area contributed by atoms with E-state index in [-0.39, 0.29) is 18.0 Å². The van der Waals surface area contributed by atoms with Crippen molar-refractivity contribution >= 4 is 10.0 Å².